The van der Waals surface area contributed by atoms with E-state index in [2.05, 4.69) is 15.9 Å². The number of aromatic hydroxyl groups is 1. The van der Waals surface area contributed by atoms with E-state index in [0.29, 0.717) is 11.7 Å². The minimum absolute atomic E-state index is 0.135. The van der Waals surface area contributed by atoms with Crippen molar-refractivity contribution in [2.45, 2.75) is 26.8 Å². The van der Waals surface area contributed by atoms with Crippen LogP contribution >= 0.6 is 15.9 Å². The Hall–Kier alpha value is -0.540. The maximum absolute atomic E-state index is 9.89. The molecule has 0 aliphatic rings. The van der Waals surface area contributed by atoms with Gasteiger partial charge in [0.1, 0.15) is 5.75 Å². The predicted molar refractivity (Wildman–Crippen MR) is 62.3 cm³/mol. The summed E-state index contributed by atoms with van der Waals surface area (Å²) in [7, 11) is 0. The highest BCUT2D eigenvalue weighted by Gasteiger charge is 2.18. The van der Waals surface area contributed by atoms with E-state index in [0.717, 1.165) is 15.6 Å². The lowest BCUT2D eigenvalue weighted by molar-refractivity contribution is 0.435. The normalized spacial score (nSPS) is 13.3. The van der Waals surface area contributed by atoms with E-state index in [1.165, 1.54) is 0 Å². The molecule has 0 aliphatic carbocycles. The Balaban J connectivity index is 3.25. The quantitative estimate of drug-likeness (QED) is 0.856. The van der Waals surface area contributed by atoms with E-state index in [-0.39, 0.29) is 6.04 Å². The number of hydrogen-bond acceptors (Lipinski definition) is 2. The zero-order valence-corrected chi connectivity index (χ0v) is 10.3. The fraction of sp³-hybridized carbons (Fsp3) is 0.455. The van der Waals surface area contributed by atoms with E-state index in [1.54, 1.807) is 0 Å². The van der Waals surface area contributed by atoms with Gasteiger partial charge in [0.05, 0.1) is 0 Å². The highest BCUT2D eigenvalue weighted by atomic mass is 79.9. The Morgan fingerprint density at radius 2 is 1.93 bits per heavy atom. The van der Waals surface area contributed by atoms with Gasteiger partial charge in [-0.15, -0.1) is 0 Å². The summed E-state index contributed by atoms with van der Waals surface area (Å²) < 4.78 is 0.877. The summed E-state index contributed by atoms with van der Waals surface area (Å²) in [6.45, 7) is 5.95. The number of nitrogens with two attached hydrogens (primary N) is 1. The van der Waals surface area contributed by atoms with Crippen molar-refractivity contribution < 1.29 is 5.11 Å². The fourth-order valence-corrected chi connectivity index (χ4v) is 1.93. The Kier molecular flexibility index (Phi) is 3.56. The van der Waals surface area contributed by atoms with Gasteiger partial charge in [-0.2, -0.15) is 0 Å². The molecule has 0 radical (unpaired) electrons. The summed E-state index contributed by atoms with van der Waals surface area (Å²) in [5.74, 6) is 0.611. The molecule has 3 N–H and O–H groups in total. The average molecular weight is 258 g/mol. The van der Waals surface area contributed by atoms with Crippen LogP contribution in [0.1, 0.15) is 31.0 Å². The maximum atomic E-state index is 9.89. The van der Waals surface area contributed by atoms with Crippen molar-refractivity contribution in [2.75, 3.05) is 0 Å². The van der Waals surface area contributed by atoms with E-state index in [9.17, 15) is 5.11 Å². The molecule has 3 heteroatoms. The topological polar surface area (TPSA) is 46.2 Å². The first-order valence-electron chi connectivity index (χ1n) is 4.68. The van der Waals surface area contributed by atoms with E-state index < -0.39 is 0 Å². The molecule has 0 bridgehead atoms. The largest absolute Gasteiger partial charge is 0.507 e. The molecule has 0 aliphatic heterocycles. The molecule has 0 heterocycles. The standard InChI is InChI=1S/C11H16BrNO/c1-6(2)10(13)9-8(12)5-4-7(3)11(9)14/h4-6,10,14H,13H2,1-3H3/t10-/m0/s1. The Morgan fingerprint density at radius 1 is 1.36 bits per heavy atom. The molecular weight excluding hydrogens is 242 g/mol. The Bertz CT molecular complexity index is 336. The lowest BCUT2D eigenvalue weighted by Crippen LogP contribution is -2.17. The van der Waals surface area contributed by atoms with Gasteiger partial charge in [-0.3, -0.25) is 0 Å². The first-order valence-corrected chi connectivity index (χ1v) is 5.48. The third-order valence-corrected chi connectivity index (χ3v) is 3.11. The number of halogens is 1. The molecule has 1 atom stereocenters. The highest BCUT2D eigenvalue weighted by Crippen LogP contribution is 2.35. The van der Waals surface area contributed by atoms with Crippen molar-refractivity contribution in [1.82, 2.24) is 0 Å². The van der Waals surface area contributed by atoms with Crippen LogP contribution in [-0.2, 0) is 0 Å². The second-order valence-corrected chi connectivity index (χ2v) is 4.75. The summed E-state index contributed by atoms with van der Waals surface area (Å²) >= 11 is 3.41. The van der Waals surface area contributed by atoms with Crippen LogP contribution in [0.3, 0.4) is 0 Å². The third-order valence-electron chi connectivity index (χ3n) is 2.42. The monoisotopic (exact) mass is 257 g/mol. The zero-order chi connectivity index (χ0) is 10.9. The summed E-state index contributed by atoms with van der Waals surface area (Å²) in [5, 5.41) is 9.89. The van der Waals surface area contributed by atoms with Gasteiger partial charge in [0, 0.05) is 16.1 Å². The number of hydrogen-bond donors (Lipinski definition) is 2. The molecule has 2 nitrogen and oxygen atoms in total. The molecule has 1 rings (SSSR count). The number of phenols is 1. The van der Waals surface area contributed by atoms with E-state index in [1.807, 2.05) is 32.9 Å². The van der Waals surface area contributed by atoms with Gasteiger partial charge >= 0.3 is 0 Å². The number of rotatable bonds is 2. The fourth-order valence-electron chi connectivity index (χ4n) is 1.34. The first kappa shape index (κ1) is 11.5. The SMILES string of the molecule is Cc1ccc(Br)c([C@@H](N)C(C)C)c1O. The minimum Gasteiger partial charge on any atom is -0.507 e. The molecular formula is C11H16BrNO. The van der Waals surface area contributed by atoms with Crippen LogP contribution in [0.4, 0.5) is 0 Å². The van der Waals surface area contributed by atoms with E-state index >= 15 is 0 Å². The average Bonchev–Trinajstić information content (AvgIpc) is 2.12. The van der Waals surface area contributed by atoms with Crippen molar-refractivity contribution in [2.24, 2.45) is 11.7 Å². The first-order chi connectivity index (χ1) is 6.45. The molecule has 0 amide bonds. The lowest BCUT2D eigenvalue weighted by Gasteiger charge is -2.19. The lowest BCUT2D eigenvalue weighted by atomic mass is 9.95. The number of phenolic OH excluding ortho intramolecular Hbond substituents is 1. The van der Waals surface area contributed by atoms with Crippen LogP contribution in [0, 0.1) is 12.8 Å². The minimum atomic E-state index is -0.135. The predicted octanol–water partition coefficient (Wildman–Crippen LogP) is 3.12. The Morgan fingerprint density at radius 3 is 2.43 bits per heavy atom. The molecule has 1 aromatic rings. The van der Waals surface area contributed by atoms with Crippen molar-refractivity contribution in [3.05, 3.63) is 27.7 Å². The van der Waals surface area contributed by atoms with Crippen molar-refractivity contribution in [3.8, 4) is 5.75 Å². The molecule has 78 valence electrons. The van der Waals surface area contributed by atoms with Crippen LogP contribution in [0.15, 0.2) is 16.6 Å². The summed E-state index contributed by atoms with van der Waals surface area (Å²) in [6, 6.07) is 3.66. The molecule has 0 spiro atoms. The number of aryl methyl sites for hydroxylation is 1. The van der Waals surface area contributed by atoms with Crippen LogP contribution in [0.2, 0.25) is 0 Å². The van der Waals surface area contributed by atoms with E-state index in [4.69, 9.17) is 5.73 Å². The zero-order valence-electron chi connectivity index (χ0n) is 8.71. The van der Waals surface area contributed by atoms with Crippen molar-refractivity contribution in [1.29, 1.82) is 0 Å². The third kappa shape index (κ3) is 2.10. The maximum Gasteiger partial charge on any atom is 0.124 e. The second kappa shape index (κ2) is 4.32. The molecule has 0 aromatic heterocycles. The van der Waals surface area contributed by atoms with Gasteiger partial charge in [-0.05, 0) is 24.5 Å². The molecule has 0 saturated carbocycles. The van der Waals surface area contributed by atoms with Gasteiger partial charge in [-0.25, -0.2) is 0 Å². The van der Waals surface area contributed by atoms with Gasteiger partial charge in [-0.1, -0.05) is 35.8 Å². The van der Waals surface area contributed by atoms with Crippen LogP contribution in [-0.4, -0.2) is 5.11 Å². The van der Waals surface area contributed by atoms with Crippen molar-refractivity contribution >= 4 is 15.9 Å². The molecule has 0 unspecified atom stereocenters. The molecule has 1 aromatic carbocycles. The van der Waals surface area contributed by atoms with Gasteiger partial charge in [0.15, 0.2) is 0 Å². The summed E-state index contributed by atoms with van der Waals surface area (Å²) in [5.41, 5.74) is 7.68. The van der Waals surface area contributed by atoms with Gasteiger partial charge in [0.2, 0.25) is 0 Å². The summed E-state index contributed by atoms with van der Waals surface area (Å²) in [6.07, 6.45) is 0. The summed E-state index contributed by atoms with van der Waals surface area (Å²) in [4.78, 5) is 0. The van der Waals surface area contributed by atoms with Gasteiger partial charge in [0.25, 0.3) is 0 Å². The number of benzene rings is 1. The van der Waals surface area contributed by atoms with Crippen LogP contribution in [0.25, 0.3) is 0 Å². The smallest absolute Gasteiger partial charge is 0.124 e. The molecule has 0 saturated heterocycles. The molecule has 0 fully saturated rings. The van der Waals surface area contributed by atoms with Crippen LogP contribution in [0.5, 0.6) is 5.75 Å². The Labute approximate surface area is 93.3 Å². The highest BCUT2D eigenvalue weighted by molar-refractivity contribution is 9.10. The van der Waals surface area contributed by atoms with Gasteiger partial charge < -0.3 is 10.8 Å². The van der Waals surface area contributed by atoms with Crippen LogP contribution < -0.4 is 5.73 Å². The second-order valence-electron chi connectivity index (χ2n) is 3.90. The van der Waals surface area contributed by atoms with Crippen molar-refractivity contribution in [3.63, 3.8) is 0 Å². The molecule has 14 heavy (non-hydrogen) atoms.